The first-order chi connectivity index (χ1) is 6.24. The van der Waals surface area contributed by atoms with Crippen LogP contribution in [0.4, 0.5) is 0 Å². The normalized spacial score (nSPS) is 31.6. The van der Waals surface area contributed by atoms with Crippen molar-refractivity contribution in [3.05, 3.63) is 0 Å². The quantitative estimate of drug-likeness (QED) is 0.605. The number of aliphatic hydroxyl groups excluding tert-OH is 2. The SMILES string of the molecule is CC(CCO)N[C@H]1CCCC[C@@H]1O. The van der Waals surface area contributed by atoms with Crippen LogP contribution in [0.25, 0.3) is 0 Å². The Bertz CT molecular complexity index is 141. The monoisotopic (exact) mass is 187 g/mol. The van der Waals surface area contributed by atoms with E-state index in [2.05, 4.69) is 12.2 Å². The minimum atomic E-state index is -0.185. The fraction of sp³-hybridized carbons (Fsp3) is 1.00. The van der Waals surface area contributed by atoms with Crippen LogP contribution in [0, 0.1) is 0 Å². The van der Waals surface area contributed by atoms with E-state index in [1.165, 1.54) is 6.42 Å². The molecule has 78 valence electrons. The van der Waals surface area contributed by atoms with Crippen LogP contribution in [0.15, 0.2) is 0 Å². The van der Waals surface area contributed by atoms with Crippen molar-refractivity contribution in [1.29, 1.82) is 0 Å². The van der Waals surface area contributed by atoms with Gasteiger partial charge in [-0.3, -0.25) is 0 Å². The Balaban J connectivity index is 2.25. The van der Waals surface area contributed by atoms with Gasteiger partial charge in [-0.15, -0.1) is 0 Å². The van der Waals surface area contributed by atoms with E-state index >= 15 is 0 Å². The van der Waals surface area contributed by atoms with E-state index in [0.29, 0.717) is 6.04 Å². The number of rotatable bonds is 4. The van der Waals surface area contributed by atoms with Gasteiger partial charge in [0.2, 0.25) is 0 Å². The van der Waals surface area contributed by atoms with Gasteiger partial charge in [0.05, 0.1) is 6.10 Å². The molecule has 3 heteroatoms. The fourth-order valence-electron chi connectivity index (χ4n) is 1.95. The molecule has 0 aromatic heterocycles. The summed E-state index contributed by atoms with van der Waals surface area (Å²) in [5, 5.41) is 21.8. The molecule has 0 heterocycles. The first kappa shape index (κ1) is 11.0. The third-order valence-corrected chi connectivity index (χ3v) is 2.79. The first-order valence-electron chi connectivity index (χ1n) is 5.29. The summed E-state index contributed by atoms with van der Waals surface area (Å²) in [6, 6.07) is 0.554. The molecule has 1 aliphatic carbocycles. The molecule has 1 aliphatic rings. The lowest BCUT2D eigenvalue weighted by molar-refractivity contribution is 0.0837. The van der Waals surface area contributed by atoms with Crippen LogP contribution >= 0.6 is 0 Å². The molecule has 3 nitrogen and oxygen atoms in total. The number of hydrogen-bond acceptors (Lipinski definition) is 3. The Kier molecular flexibility index (Phi) is 4.70. The smallest absolute Gasteiger partial charge is 0.0693 e. The van der Waals surface area contributed by atoms with Crippen molar-refractivity contribution in [1.82, 2.24) is 5.32 Å². The molecule has 13 heavy (non-hydrogen) atoms. The summed E-state index contributed by atoms with van der Waals surface area (Å²) in [6.07, 6.45) is 4.92. The van der Waals surface area contributed by atoms with E-state index in [9.17, 15) is 5.11 Å². The van der Waals surface area contributed by atoms with Crippen LogP contribution in [0.3, 0.4) is 0 Å². The van der Waals surface area contributed by atoms with Gasteiger partial charge in [-0.05, 0) is 26.2 Å². The van der Waals surface area contributed by atoms with Crippen molar-refractivity contribution in [2.45, 2.75) is 57.2 Å². The summed E-state index contributed by atoms with van der Waals surface area (Å²) in [5.41, 5.74) is 0. The molecule has 0 aromatic rings. The van der Waals surface area contributed by atoms with Gasteiger partial charge in [0, 0.05) is 18.7 Å². The maximum Gasteiger partial charge on any atom is 0.0693 e. The maximum atomic E-state index is 9.66. The predicted octanol–water partition coefficient (Wildman–Crippen LogP) is 0.650. The van der Waals surface area contributed by atoms with Gasteiger partial charge in [0.15, 0.2) is 0 Å². The average Bonchev–Trinajstić information content (AvgIpc) is 2.09. The Labute approximate surface area is 80.2 Å². The second kappa shape index (κ2) is 5.58. The van der Waals surface area contributed by atoms with Gasteiger partial charge < -0.3 is 15.5 Å². The van der Waals surface area contributed by atoms with Crippen LogP contribution < -0.4 is 5.32 Å². The lowest BCUT2D eigenvalue weighted by Crippen LogP contribution is -2.46. The molecule has 0 radical (unpaired) electrons. The third kappa shape index (κ3) is 3.63. The topological polar surface area (TPSA) is 52.5 Å². The fourth-order valence-corrected chi connectivity index (χ4v) is 1.95. The molecule has 0 spiro atoms. The van der Waals surface area contributed by atoms with Gasteiger partial charge >= 0.3 is 0 Å². The molecule has 3 N–H and O–H groups in total. The highest BCUT2D eigenvalue weighted by Crippen LogP contribution is 2.18. The zero-order valence-corrected chi connectivity index (χ0v) is 8.37. The van der Waals surface area contributed by atoms with E-state index in [0.717, 1.165) is 25.7 Å². The Morgan fingerprint density at radius 1 is 1.38 bits per heavy atom. The zero-order valence-electron chi connectivity index (χ0n) is 8.37. The van der Waals surface area contributed by atoms with E-state index < -0.39 is 0 Å². The summed E-state index contributed by atoms with van der Waals surface area (Å²) < 4.78 is 0. The molecule has 0 aromatic carbocycles. The van der Waals surface area contributed by atoms with Crippen molar-refractivity contribution >= 4 is 0 Å². The number of nitrogens with one attached hydrogen (secondary N) is 1. The largest absolute Gasteiger partial charge is 0.396 e. The van der Waals surface area contributed by atoms with Crippen LogP contribution in [0.5, 0.6) is 0 Å². The van der Waals surface area contributed by atoms with Crippen molar-refractivity contribution < 1.29 is 10.2 Å². The lowest BCUT2D eigenvalue weighted by Gasteiger charge is -2.31. The summed E-state index contributed by atoms with van der Waals surface area (Å²) >= 11 is 0. The van der Waals surface area contributed by atoms with Crippen molar-refractivity contribution in [3.63, 3.8) is 0 Å². The summed E-state index contributed by atoms with van der Waals surface area (Å²) in [5.74, 6) is 0. The highest BCUT2D eigenvalue weighted by molar-refractivity contribution is 4.82. The van der Waals surface area contributed by atoms with Crippen LogP contribution in [-0.2, 0) is 0 Å². The standard InChI is InChI=1S/C10H21NO2/c1-8(6-7-12)11-9-4-2-3-5-10(9)13/h8-13H,2-7H2,1H3/t8?,9-,10-/m0/s1. The number of hydrogen-bond donors (Lipinski definition) is 3. The molecule has 0 aliphatic heterocycles. The van der Waals surface area contributed by atoms with Gasteiger partial charge in [0.25, 0.3) is 0 Å². The van der Waals surface area contributed by atoms with E-state index in [-0.39, 0.29) is 18.8 Å². The van der Waals surface area contributed by atoms with Gasteiger partial charge in [-0.2, -0.15) is 0 Å². The second-order valence-electron chi connectivity index (χ2n) is 4.04. The van der Waals surface area contributed by atoms with E-state index in [4.69, 9.17) is 5.11 Å². The molecule has 3 atom stereocenters. The second-order valence-corrected chi connectivity index (χ2v) is 4.04. The van der Waals surface area contributed by atoms with Crippen molar-refractivity contribution in [2.75, 3.05) is 6.61 Å². The highest BCUT2D eigenvalue weighted by atomic mass is 16.3. The highest BCUT2D eigenvalue weighted by Gasteiger charge is 2.23. The van der Waals surface area contributed by atoms with Crippen LogP contribution in [0.2, 0.25) is 0 Å². The lowest BCUT2D eigenvalue weighted by atomic mass is 9.92. The summed E-state index contributed by atoms with van der Waals surface area (Å²) in [4.78, 5) is 0. The van der Waals surface area contributed by atoms with Crippen molar-refractivity contribution in [3.8, 4) is 0 Å². The van der Waals surface area contributed by atoms with Gasteiger partial charge in [-0.25, -0.2) is 0 Å². The minimum absolute atomic E-state index is 0.185. The maximum absolute atomic E-state index is 9.66. The van der Waals surface area contributed by atoms with Gasteiger partial charge in [-0.1, -0.05) is 12.8 Å². The van der Waals surface area contributed by atoms with E-state index in [1.807, 2.05) is 0 Å². The summed E-state index contributed by atoms with van der Waals surface area (Å²) in [6.45, 7) is 2.27. The molecule has 1 rings (SSSR count). The Hall–Kier alpha value is -0.120. The van der Waals surface area contributed by atoms with Gasteiger partial charge in [0.1, 0.15) is 0 Å². The zero-order chi connectivity index (χ0) is 9.68. The Morgan fingerprint density at radius 3 is 2.69 bits per heavy atom. The molecule has 1 saturated carbocycles. The molecular formula is C10H21NO2. The average molecular weight is 187 g/mol. The molecule has 0 saturated heterocycles. The van der Waals surface area contributed by atoms with E-state index in [1.54, 1.807) is 0 Å². The molecule has 0 amide bonds. The number of aliphatic hydroxyl groups is 2. The molecule has 1 fully saturated rings. The molecular weight excluding hydrogens is 166 g/mol. The Morgan fingerprint density at radius 2 is 2.08 bits per heavy atom. The van der Waals surface area contributed by atoms with Crippen molar-refractivity contribution in [2.24, 2.45) is 0 Å². The molecule has 1 unspecified atom stereocenters. The summed E-state index contributed by atoms with van der Waals surface area (Å²) in [7, 11) is 0. The third-order valence-electron chi connectivity index (χ3n) is 2.79. The molecule has 0 bridgehead atoms. The predicted molar refractivity (Wildman–Crippen MR) is 52.6 cm³/mol. The van der Waals surface area contributed by atoms with Crippen LogP contribution in [0.1, 0.15) is 39.0 Å². The first-order valence-corrected chi connectivity index (χ1v) is 5.29. The van der Waals surface area contributed by atoms with Crippen LogP contribution in [-0.4, -0.2) is 35.0 Å². The minimum Gasteiger partial charge on any atom is -0.396 e.